The van der Waals surface area contributed by atoms with Gasteiger partial charge in [0.1, 0.15) is 0 Å². The van der Waals surface area contributed by atoms with Crippen LogP contribution >= 0.6 is 0 Å². The fourth-order valence-electron chi connectivity index (χ4n) is 4.73. The smallest absolute Gasteiger partial charge is 0.223 e. The number of nitrogens with zero attached hydrogens (tertiary/aromatic N) is 1. The van der Waals surface area contributed by atoms with E-state index in [0.29, 0.717) is 23.3 Å². The van der Waals surface area contributed by atoms with Crippen molar-refractivity contribution in [2.24, 2.45) is 11.3 Å². The summed E-state index contributed by atoms with van der Waals surface area (Å²) in [6.45, 7) is 5.52. The molecule has 0 bridgehead atoms. The normalized spacial score (nSPS) is 26.5. The summed E-state index contributed by atoms with van der Waals surface area (Å²) < 4.78 is 0. The molecule has 1 aromatic carbocycles. The molecule has 4 rings (SSSR count). The zero-order valence-corrected chi connectivity index (χ0v) is 15.2. The molecule has 1 saturated carbocycles. The Morgan fingerprint density at radius 1 is 1.16 bits per heavy atom. The highest BCUT2D eigenvalue weighted by Crippen LogP contribution is 2.58. The van der Waals surface area contributed by atoms with Gasteiger partial charge in [-0.25, -0.2) is 0 Å². The minimum absolute atomic E-state index is 0.297. The van der Waals surface area contributed by atoms with Crippen LogP contribution < -0.4 is 10.6 Å². The van der Waals surface area contributed by atoms with Crippen LogP contribution in [0.2, 0.25) is 0 Å². The van der Waals surface area contributed by atoms with E-state index < -0.39 is 0 Å². The SMILES string of the molecule is O=C(NC1CCN(CCc2ccccc2)CC1)C1CC12CCNCC2. The lowest BCUT2D eigenvalue weighted by atomic mass is 9.91. The summed E-state index contributed by atoms with van der Waals surface area (Å²) in [5, 5.41) is 6.77. The van der Waals surface area contributed by atoms with Gasteiger partial charge in [0.25, 0.3) is 0 Å². The molecule has 25 heavy (non-hydrogen) atoms. The van der Waals surface area contributed by atoms with E-state index in [0.717, 1.165) is 58.4 Å². The second kappa shape index (κ2) is 7.46. The molecule has 2 saturated heterocycles. The van der Waals surface area contributed by atoms with Gasteiger partial charge in [-0.1, -0.05) is 30.3 Å². The molecule has 3 fully saturated rings. The third kappa shape index (κ3) is 4.06. The largest absolute Gasteiger partial charge is 0.353 e. The predicted molar refractivity (Wildman–Crippen MR) is 100 cm³/mol. The van der Waals surface area contributed by atoms with Crippen molar-refractivity contribution in [1.29, 1.82) is 0 Å². The lowest BCUT2D eigenvalue weighted by Gasteiger charge is -2.32. The number of carbonyl (C=O) groups is 1. The molecule has 1 spiro atoms. The average molecular weight is 341 g/mol. The van der Waals surface area contributed by atoms with Crippen molar-refractivity contribution >= 4 is 5.91 Å². The molecule has 1 unspecified atom stereocenters. The summed E-state index contributed by atoms with van der Waals surface area (Å²) in [4.78, 5) is 15.1. The molecule has 2 N–H and O–H groups in total. The first-order valence-corrected chi connectivity index (χ1v) is 10.0. The maximum Gasteiger partial charge on any atom is 0.223 e. The summed E-state index contributed by atoms with van der Waals surface area (Å²) in [5.41, 5.74) is 1.77. The molecule has 0 radical (unpaired) electrons. The van der Waals surface area contributed by atoms with Crippen molar-refractivity contribution < 1.29 is 4.79 Å². The highest BCUT2D eigenvalue weighted by Gasteiger charge is 2.57. The van der Waals surface area contributed by atoms with Gasteiger partial charge in [-0.05, 0) is 62.6 Å². The van der Waals surface area contributed by atoms with E-state index in [1.165, 1.54) is 18.4 Å². The van der Waals surface area contributed by atoms with Gasteiger partial charge in [-0.2, -0.15) is 0 Å². The molecular formula is C21H31N3O. The Morgan fingerprint density at radius 2 is 1.88 bits per heavy atom. The summed E-state index contributed by atoms with van der Waals surface area (Å²) in [5.74, 6) is 0.635. The van der Waals surface area contributed by atoms with Gasteiger partial charge in [-0.15, -0.1) is 0 Å². The third-order valence-corrected chi connectivity index (χ3v) is 6.60. The van der Waals surface area contributed by atoms with E-state index in [9.17, 15) is 4.79 Å². The number of rotatable bonds is 5. The molecule has 4 nitrogen and oxygen atoms in total. The minimum atomic E-state index is 0.297. The van der Waals surface area contributed by atoms with Crippen LogP contribution in [0.3, 0.4) is 0 Å². The predicted octanol–water partition coefficient (Wildman–Crippen LogP) is 2.20. The molecule has 1 amide bonds. The van der Waals surface area contributed by atoms with E-state index in [1.807, 2.05) is 0 Å². The topological polar surface area (TPSA) is 44.4 Å². The summed E-state index contributed by atoms with van der Waals surface area (Å²) in [6.07, 6.45) is 6.81. The zero-order chi connectivity index (χ0) is 17.1. The van der Waals surface area contributed by atoms with E-state index >= 15 is 0 Å². The Hall–Kier alpha value is -1.39. The molecule has 1 atom stereocenters. The van der Waals surface area contributed by atoms with E-state index in [4.69, 9.17) is 0 Å². The Balaban J connectivity index is 1.17. The van der Waals surface area contributed by atoms with Crippen LogP contribution in [0.25, 0.3) is 0 Å². The minimum Gasteiger partial charge on any atom is -0.353 e. The lowest BCUT2D eigenvalue weighted by Crippen LogP contribution is -2.46. The third-order valence-electron chi connectivity index (χ3n) is 6.60. The molecule has 1 aromatic rings. The summed E-state index contributed by atoms with van der Waals surface area (Å²) in [7, 11) is 0. The van der Waals surface area contributed by atoms with Crippen LogP contribution in [0.15, 0.2) is 30.3 Å². The summed E-state index contributed by atoms with van der Waals surface area (Å²) in [6, 6.07) is 11.1. The number of nitrogens with one attached hydrogen (secondary N) is 2. The van der Waals surface area contributed by atoms with Crippen molar-refractivity contribution in [3.8, 4) is 0 Å². The number of benzene rings is 1. The highest BCUT2D eigenvalue weighted by atomic mass is 16.2. The number of hydrogen-bond acceptors (Lipinski definition) is 3. The van der Waals surface area contributed by atoms with Gasteiger partial charge in [0.15, 0.2) is 0 Å². The Labute approximate surface area is 151 Å². The first-order chi connectivity index (χ1) is 12.3. The van der Waals surface area contributed by atoms with Crippen molar-refractivity contribution in [3.05, 3.63) is 35.9 Å². The van der Waals surface area contributed by atoms with Gasteiger partial charge in [0.05, 0.1) is 0 Å². The Bertz CT molecular complexity index is 574. The van der Waals surface area contributed by atoms with E-state index in [2.05, 4.69) is 45.9 Å². The average Bonchev–Trinajstić information content (AvgIpc) is 3.35. The number of likely N-dealkylation sites (tertiary alicyclic amines) is 1. The van der Waals surface area contributed by atoms with Gasteiger partial charge in [-0.3, -0.25) is 4.79 Å². The van der Waals surface area contributed by atoms with Crippen molar-refractivity contribution in [2.75, 3.05) is 32.7 Å². The Kier molecular flexibility index (Phi) is 5.09. The van der Waals surface area contributed by atoms with Crippen LogP contribution in [-0.2, 0) is 11.2 Å². The Morgan fingerprint density at radius 3 is 2.60 bits per heavy atom. The monoisotopic (exact) mass is 341 g/mol. The second-order valence-corrected chi connectivity index (χ2v) is 8.23. The van der Waals surface area contributed by atoms with Crippen molar-refractivity contribution in [1.82, 2.24) is 15.5 Å². The molecule has 2 heterocycles. The number of piperidine rings is 2. The fraction of sp³-hybridized carbons (Fsp3) is 0.667. The van der Waals surface area contributed by atoms with Gasteiger partial charge >= 0.3 is 0 Å². The van der Waals surface area contributed by atoms with Gasteiger partial charge < -0.3 is 15.5 Å². The molecule has 2 aliphatic heterocycles. The van der Waals surface area contributed by atoms with Gasteiger partial charge in [0, 0.05) is 31.6 Å². The fourth-order valence-corrected chi connectivity index (χ4v) is 4.73. The molecule has 0 aromatic heterocycles. The standard InChI is InChI=1S/C21H31N3O/c25-20(19-16-21(19)9-11-22-12-10-21)23-18-7-14-24(15-8-18)13-6-17-4-2-1-3-5-17/h1-5,18-19,22H,6-16H2,(H,23,25). The van der Waals surface area contributed by atoms with Gasteiger partial charge in [0.2, 0.25) is 5.91 Å². The van der Waals surface area contributed by atoms with Crippen LogP contribution in [0.5, 0.6) is 0 Å². The van der Waals surface area contributed by atoms with Crippen molar-refractivity contribution in [2.45, 2.75) is 44.6 Å². The van der Waals surface area contributed by atoms with Crippen LogP contribution in [0.4, 0.5) is 0 Å². The molecule has 136 valence electrons. The number of hydrogen-bond donors (Lipinski definition) is 2. The van der Waals surface area contributed by atoms with Crippen LogP contribution in [0, 0.1) is 11.3 Å². The highest BCUT2D eigenvalue weighted by molar-refractivity contribution is 5.82. The quantitative estimate of drug-likeness (QED) is 0.863. The van der Waals surface area contributed by atoms with E-state index in [1.54, 1.807) is 0 Å². The molecule has 1 aliphatic carbocycles. The lowest BCUT2D eigenvalue weighted by molar-refractivity contribution is -0.124. The maximum atomic E-state index is 12.6. The van der Waals surface area contributed by atoms with Crippen molar-refractivity contribution in [3.63, 3.8) is 0 Å². The van der Waals surface area contributed by atoms with E-state index in [-0.39, 0.29) is 0 Å². The molecular weight excluding hydrogens is 310 g/mol. The second-order valence-electron chi connectivity index (χ2n) is 8.23. The number of amides is 1. The summed E-state index contributed by atoms with van der Waals surface area (Å²) >= 11 is 0. The maximum absolute atomic E-state index is 12.6. The zero-order valence-electron chi connectivity index (χ0n) is 15.2. The number of carbonyl (C=O) groups excluding carboxylic acids is 1. The van der Waals surface area contributed by atoms with Crippen LogP contribution in [-0.4, -0.2) is 49.6 Å². The first kappa shape index (κ1) is 17.0. The molecule has 3 aliphatic rings. The first-order valence-electron chi connectivity index (χ1n) is 10.0. The van der Waals surface area contributed by atoms with Crippen LogP contribution in [0.1, 0.15) is 37.7 Å². The molecule has 4 heteroatoms.